The summed E-state index contributed by atoms with van der Waals surface area (Å²) in [6, 6.07) is 8.07. The van der Waals surface area contributed by atoms with E-state index in [2.05, 4.69) is 15.5 Å². The topological polar surface area (TPSA) is 113 Å². The first-order valence-electron chi connectivity index (χ1n) is 9.13. The Bertz CT molecular complexity index is 1030. The van der Waals surface area contributed by atoms with Crippen molar-refractivity contribution in [1.29, 1.82) is 0 Å². The second-order valence-electron chi connectivity index (χ2n) is 6.60. The molecule has 154 valence electrons. The molecular formula is C18H21N5O5S. The van der Waals surface area contributed by atoms with Crippen LogP contribution >= 0.6 is 0 Å². The van der Waals surface area contributed by atoms with Crippen molar-refractivity contribution in [3.8, 4) is 11.4 Å². The van der Waals surface area contributed by atoms with E-state index in [-0.39, 0.29) is 24.1 Å². The van der Waals surface area contributed by atoms with Crippen LogP contribution in [0.4, 0.5) is 0 Å². The molecule has 10 nitrogen and oxygen atoms in total. The van der Waals surface area contributed by atoms with Crippen LogP contribution in [0.2, 0.25) is 0 Å². The second-order valence-corrected chi connectivity index (χ2v) is 8.54. The molecule has 1 atom stereocenters. The maximum absolute atomic E-state index is 13.4. The van der Waals surface area contributed by atoms with Gasteiger partial charge in [-0.3, -0.25) is 0 Å². The molecule has 2 aromatic heterocycles. The van der Waals surface area contributed by atoms with Gasteiger partial charge in [0.25, 0.3) is 0 Å². The third-order valence-corrected chi connectivity index (χ3v) is 6.54. The maximum atomic E-state index is 13.4. The molecule has 0 aliphatic carbocycles. The summed E-state index contributed by atoms with van der Waals surface area (Å²) in [6.45, 7) is 1.01. The number of aromatic nitrogens is 4. The zero-order chi connectivity index (χ0) is 20.3. The molecule has 0 spiro atoms. The molecule has 0 saturated carbocycles. The van der Waals surface area contributed by atoms with E-state index in [0.717, 1.165) is 12.8 Å². The number of furan rings is 1. The second kappa shape index (κ2) is 8.31. The smallest absolute Gasteiger partial charge is 0.243 e. The molecule has 1 fully saturated rings. The SMILES string of the molecule is COc1cc(S(=O)(=O)N(Cc2ccco2)CC2CCCO2)ccc1-n1cnnn1. The van der Waals surface area contributed by atoms with Gasteiger partial charge in [0.1, 0.15) is 23.5 Å². The van der Waals surface area contributed by atoms with Gasteiger partial charge < -0.3 is 13.9 Å². The molecule has 0 radical (unpaired) electrons. The third kappa shape index (κ3) is 4.16. The fraction of sp³-hybridized carbons (Fsp3) is 0.389. The molecule has 1 saturated heterocycles. The molecule has 0 amide bonds. The molecule has 4 rings (SSSR count). The van der Waals surface area contributed by atoms with Gasteiger partial charge >= 0.3 is 0 Å². The summed E-state index contributed by atoms with van der Waals surface area (Å²) in [5.41, 5.74) is 0.535. The summed E-state index contributed by atoms with van der Waals surface area (Å²) in [5.74, 6) is 0.900. The van der Waals surface area contributed by atoms with Crippen molar-refractivity contribution in [3.63, 3.8) is 0 Å². The molecule has 1 aliphatic rings. The molecule has 29 heavy (non-hydrogen) atoms. The van der Waals surface area contributed by atoms with Gasteiger partial charge in [0.2, 0.25) is 10.0 Å². The van der Waals surface area contributed by atoms with Gasteiger partial charge in [-0.1, -0.05) is 0 Å². The Balaban J connectivity index is 1.67. The standard InChI is InChI=1S/C18H21N5O5S/c1-26-18-10-16(6-7-17(18)23-13-19-20-21-23)29(24,25)22(11-14-4-2-8-27-14)12-15-5-3-9-28-15/h2,4,6-8,10,13,15H,3,5,9,11-12H2,1H3. The summed E-state index contributed by atoms with van der Waals surface area (Å²) in [5, 5.41) is 11.0. The first-order valence-corrected chi connectivity index (χ1v) is 10.6. The summed E-state index contributed by atoms with van der Waals surface area (Å²) >= 11 is 0. The van der Waals surface area contributed by atoms with Gasteiger partial charge in [-0.15, -0.1) is 5.10 Å². The molecule has 1 aliphatic heterocycles. The number of hydrogen-bond donors (Lipinski definition) is 0. The first-order chi connectivity index (χ1) is 14.1. The van der Waals surface area contributed by atoms with Crippen molar-refractivity contribution in [2.75, 3.05) is 20.3 Å². The molecule has 1 aromatic carbocycles. The molecule has 11 heteroatoms. The zero-order valence-corrected chi connectivity index (χ0v) is 16.7. The van der Waals surface area contributed by atoms with Crippen LogP contribution in [0.15, 0.2) is 52.2 Å². The van der Waals surface area contributed by atoms with E-state index >= 15 is 0 Å². The van der Waals surface area contributed by atoms with Crippen LogP contribution in [0.5, 0.6) is 5.75 Å². The number of nitrogens with zero attached hydrogens (tertiary/aromatic N) is 5. The lowest BCUT2D eigenvalue weighted by Crippen LogP contribution is -2.36. The van der Waals surface area contributed by atoms with E-state index in [0.29, 0.717) is 23.8 Å². The van der Waals surface area contributed by atoms with Gasteiger partial charge in [-0.25, -0.2) is 8.42 Å². The van der Waals surface area contributed by atoms with E-state index < -0.39 is 10.0 Å². The monoisotopic (exact) mass is 419 g/mol. The Morgan fingerprint density at radius 2 is 2.24 bits per heavy atom. The lowest BCUT2D eigenvalue weighted by molar-refractivity contribution is 0.0914. The average Bonchev–Trinajstić information content (AvgIpc) is 3.50. The van der Waals surface area contributed by atoms with Crippen LogP contribution in [0.1, 0.15) is 18.6 Å². The fourth-order valence-electron chi connectivity index (χ4n) is 3.27. The molecule has 1 unspecified atom stereocenters. The Labute approximate surface area is 168 Å². The Hall–Kier alpha value is -2.76. The van der Waals surface area contributed by atoms with Crippen LogP contribution in [0, 0.1) is 0 Å². The van der Waals surface area contributed by atoms with Crippen molar-refractivity contribution < 1.29 is 22.3 Å². The van der Waals surface area contributed by atoms with Crippen LogP contribution in [0.3, 0.4) is 0 Å². The predicted molar refractivity (Wildman–Crippen MR) is 101 cm³/mol. The van der Waals surface area contributed by atoms with Gasteiger partial charge in [-0.2, -0.15) is 8.99 Å². The van der Waals surface area contributed by atoms with Crippen molar-refractivity contribution in [2.24, 2.45) is 0 Å². The highest BCUT2D eigenvalue weighted by Crippen LogP contribution is 2.29. The minimum absolute atomic E-state index is 0.107. The summed E-state index contributed by atoms with van der Waals surface area (Å²) in [7, 11) is -2.37. The number of tetrazole rings is 1. The van der Waals surface area contributed by atoms with Gasteiger partial charge in [0, 0.05) is 19.2 Å². The van der Waals surface area contributed by atoms with Gasteiger partial charge in [-0.05, 0) is 47.5 Å². The van der Waals surface area contributed by atoms with Gasteiger partial charge in [0.05, 0.1) is 30.9 Å². The zero-order valence-electron chi connectivity index (χ0n) is 15.8. The minimum Gasteiger partial charge on any atom is -0.494 e. The number of methoxy groups -OCH3 is 1. The normalized spacial score (nSPS) is 17.1. The number of sulfonamides is 1. The lowest BCUT2D eigenvalue weighted by Gasteiger charge is -2.24. The van der Waals surface area contributed by atoms with Crippen molar-refractivity contribution in [1.82, 2.24) is 24.5 Å². The van der Waals surface area contributed by atoms with E-state index in [1.165, 1.54) is 40.8 Å². The van der Waals surface area contributed by atoms with Crippen molar-refractivity contribution in [2.45, 2.75) is 30.4 Å². The van der Waals surface area contributed by atoms with Crippen LogP contribution in [-0.4, -0.2) is 59.3 Å². The largest absolute Gasteiger partial charge is 0.494 e. The highest BCUT2D eigenvalue weighted by Gasteiger charge is 2.30. The van der Waals surface area contributed by atoms with E-state index in [1.807, 2.05) is 0 Å². The lowest BCUT2D eigenvalue weighted by atomic mass is 10.2. The summed E-state index contributed by atoms with van der Waals surface area (Å²) in [6.07, 6.45) is 4.55. The first kappa shape index (κ1) is 19.6. The molecule has 3 aromatic rings. The molecule has 0 bridgehead atoms. The van der Waals surface area contributed by atoms with Crippen LogP contribution < -0.4 is 4.74 Å². The fourth-order valence-corrected chi connectivity index (χ4v) is 4.72. The summed E-state index contributed by atoms with van der Waals surface area (Å²) < 4.78 is 46.1. The number of rotatable bonds is 8. The third-order valence-electron chi connectivity index (χ3n) is 4.73. The number of ether oxygens (including phenoxy) is 2. The molecular weight excluding hydrogens is 398 g/mol. The van der Waals surface area contributed by atoms with Crippen LogP contribution in [0.25, 0.3) is 5.69 Å². The van der Waals surface area contributed by atoms with Crippen molar-refractivity contribution in [3.05, 3.63) is 48.7 Å². The highest BCUT2D eigenvalue weighted by molar-refractivity contribution is 7.89. The molecule has 3 heterocycles. The number of hydrogen-bond acceptors (Lipinski definition) is 8. The van der Waals surface area contributed by atoms with Crippen molar-refractivity contribution >= 4 is 10.0 Å². The number of benzene rings is 1. The van der Waals surface area contributed by atoms with E-state index in [4.69, 9.17) is 13.9 Å². The van der Waals surface area contributed by atoms with Gasteiger partial charge in [0.15, 0.2) is 0 Å². The van der Waals surface area contributed by atoms with E-state index in [9.17, 15) is 8.42 Å². The molecule has 0 N–H and O–H groups in total. The minimum atomic E-state index is -3.83. The predicted octanol–water partition coefficient (Wildman–Crippen LogP) is 1.63. The highest BCUT2D eigenvalue weighted by atomic mass is 32.2. The quantitative estimate of drug-likeness (QED) is 0.541. The van der Waals surface area contributed by atoms with Crippen LogP contribution in [-0.2, 0) is 21.3 Å². The Morgan fingerprint density at radius 3 is 2.90 bits per heavy atom. The Kier molecular flexibility index (Phi) is 5.60. The average molecular weight is 419 g/mol. The maximum Gasteiger partial charge on any atom is 0.243 e. The Morgan fingerprint density at radius 1 is 1.34 bits per heavy atom. The summed E-state index contributed by atoms with van der Waals surface area (Å²) in [4.78, 5) is 0.107. The van der Waals surface area contributed by atoms with E-state index in [1.54, 1.807) is 18.2 Å².